The number of nitrogens with zero attached hydrogens (tertiary/aromatic N) is 1. The number of nitro groups is 1. The highest BCUT2D eigenvalue weighted by Crippen LogP contribution is 2.39. The van der Waals surface area contributed by atoms with Gasteiger partial charge < -0.3 is 5.32 Å². The predicted octanol–water partition coefficient (Wildman–Crippen LogP) is 2.06. The van der Waals surface area contributed by atoms with E-state index in [4.69, 9.17) is 0 Å². The Labute approximate surface area is 125 Å². The van der Waals surface area contributed by atoms with Crippen LogP contribution in [-0.2, 0) is 14.6 Å². The molecular formula is C14H10N2O5S. The Morgan fingerprint density at radius 3 is 2.41 bits per heavy atom. The summed E-state index contributed by atoms with van der Waals surface area (Å²) in [5.41, 5.74) is 0.0326. The number of hydrogen-bond acceptors (Lipinski definition) is 5. The van der Waals surface area contributed by atoms with Crippen molar-refractivity contribution in [1.29, 1.82) is 0 Å². The monoisotopic (exact) mass is 318 g/mol. The molecule has 1 heterocycles. The predicted molar refractivity (Wildman–Crippen MR) is 78.1 cm³/mol. The molecule has 112 valence electrons. The molecule has 0 spiro atoms. The lowest BCUT2D eigenvalue weighted by Gasteiger charge is -2.24. The molecule has 1 N–H and O–H groups in total. The fourth-order valence-electron chi connectivity index (χ4n) is 2.39. The van der Waals surface area contributed by atoms with Crippen LogP contribution in [-0.4, -0.2) is 19.2 Å². The summed E-state index contributed by atoms with van der Waals surface area (Å²) in [7, 11) is -4.06. The number of carbonyl (C=O) groups is 1. The first-order valence-corrected chi connectivity index (χ1v) is 7.84. The van der Waals surface area contributed by atoms with Crippen molar-refractivity contribution in [3.05, 3.63) is 64.2 Å². The summed E-state index contributed by atoms with van der Waals surface area (Å²) in [5.74, 6) is -0.674. The molecule has 3 rings (SSSR count). The second-order valence-corrected chi connectivity index (χ2v) is 6.76. The van der Waals surface area contributed by atoms with E-state index in [-0.39, 0.29) is 16.3 Å². The van der Waals surface area contributed by atoms with Crippen molar-refractivity contribution in [3.63, 3.8) is 0 Å². The molecular weight excluding hydrogens is 308 g/mol. The normalized spacial score (nSPS) is 19.1. The second-order valence-electron chi connectivity index (χ2n) is 4.76. The molecule has 0 fully saturated rings. The number of rotatable bonds is 2. The minimum absolute atomic E-state index is 0.0581. The van der Waals surface area contributed by atoms with Gasteiger partial charge in [0.25, 0.3) is 5.69 Å². The highest BCUT2D eigenvalue weighted by molar-refractivity contribution is 7.92. The molecule has 0 saturated carbocycles. The first kappa shape index (κ1) is 14.2. The average molecular weight is 318 g/mol. The number of anilines is 1. The molecule has 0 radical (unpaired) electrons. The van der Waals surface area contributed by atoms with Gasteiger partial charge in [0.2, 0.25) is 5.91 Å². The van der Waals surface area contributed by atoms with Gasteiger partial charge in [0, 0.05) is 12.1 Å². The highest BCUT2D eigenvalue weighted by atomic mass is 32.2. The highest BCUT2D eigenvalue weighted by Gasteiger charge is 2.42. The third-order valence-corrected chi connectivity index (χ3v) is 5.45. The standard InChI is InChI=1S/C14H10N2O5S/c17-14-13(9-4-2-1-3-5-9)22(20,21)12-8-10(16(18)19)6-7-11(12)15-14/h1-8,13H,(H,15,17). The zero-order valence-electron chi connectivity index (χ0n) is 11.1. The minimum Gasteiger partial charge on any atom is -0.323 e. The van der Waals surface area contributed by atoms with E-state index in [1.54, 1.807) is 18.2 Å². The van der Waals surface area contributed by atoms with Crippen LogP contribution in [0, 0.1) is 10.1 Å². The van der Waals surface area contributed by atoms with E-state index in [9.17, 15) is 23.3 Å². The summed E-state index contributed by atoms with van der Waals surface area (Å²) in [5, 5.41) is 11.9. The summed E-state index contributed by atoms with van der Waals surface area (Å²) in [6, 6.07) is 11.4. The Hall–Kier alpha value is -2.74. The van der Waals surface area contributed by atoms with Crippen LogP contribution in [0.15, 0.2) is 53.4 Å². The van der Waals surface area contributed by atoms with Crippen molar-refractivity contribution in [1.82, 2.24) is 0 Å². The second kappa shape index (κ2) is 4.92. The molecule has 1 amide bonds. The number of carbonyl (C=O) groups excluding carboxylic acids is 1. The number of amides is 1. The number of nitrogens with one attached hydrogen (secondary N) is 1. The van der Waals surface area contributed by atoms with Gasteiger partial charge >= 0.3 is 0 Å². The van der Waals surface area contributed by atoms with Crippen LogP contribution in [0.25, 0.3) is 0 Å². The lowest BCUT2D eigenvalue weighted by molar-refractivity contribution is -0.385. The zero-order valence-corrected chi connectivity index (χ0v) is 11.9. The van der Waals surface area contributed by atoms with Crippen LogP contribution in [0.1, 0.15) is 10.8 Å². The van der Waals surface area contributed by atoms with Crippen molar-refractivity contribution >= 4 is 27.1 Å². The summed E-state index contributed by atoms with van der Waals surface area (Å²) in [6.45, 7) is 0. The maximum Gasteiger partial charge on any atom is 0.270 e. The largest absolute Gasteiger partial charge is 0.323 e. The van der Waals surface area contributed by atoms with Gasteiger partial charge in [-0.15, -0.1) is 0 Å². The maximum absolute atomic E-state index is 12.7. The molecule has 0 aromatic heterocycles. The van der Waals surface area contributed by atoms with Crippen molar-refractivity contribution in [2.24, 2.45) is 0 Å². The van der Waals surface area contributed by atoms with E-state index in [2.05, 4.69) is 5.32 Å². The van der Waals surface area contributed by atoms with Crippen LogP contribution >= 0.6 is 0 Å². The van der Waals surface area contributed by atoms with Crippen LogP contribution in [0.3, 0.4) is 0 Å². The third-order valence-electron chi connectivity index (χ3n) is 3.39. The topological polar surface area (TPSA) is 106 Å². The van der Waals surface area contributed by atoms with E-state index < -0.39 is 25.9 Å². The molecule has 0 bridgehead atoms. The molecule has 7 nitrogen and oxygen atoms in total. The van der Waals surface area contributed by atoms with Gasteiger partial charge in [-0.2, -0.15) is 0 Å². The first-order chi connectivity index (χ1) is 10.4. The van der Waals surface area contributed by atoms with Gasteiger partial charge in [0.1, 0.15) is 0 Å². The van der Waals surface area contributed by atoms with Crippen LogP contribution in [0.2, 0.25) is 0 Å². The average Bonchev–Trinajstić information content (AvgIpc) is 2.47. The minimum atomic E-state index is -4.06. The van der Waals surface area contributed by atoms with Crippen LogP contribution in [0.4, 0.5) is 11.4 Å². The maximum atomic E-state index is 12.7. The van der Waals surface area contributed by atoms with Crippen LogP contribution in [0.5, 0.6) is 0 Å². The van der Waals surface area contributed by atoms with E-state index in [1.165, 1.54) is 18.2 Å². The van der Waals surface area contributed by atoms with E-state index >= 15 is 0 Å². The van der Waals surface area contributed by atoms with Gasteiger partial charge in [-0.1, -0.05) is 30.3 Å². The fourth-order valence-corrected chi connectivity index (χ4v) is 4.21. The van der Waals surface area contributed by atoms with Gasteiger partial charge in [-0.25, -0.2) is 8.42 Å². The van der Waals surface area contributed by atoms with Crippen LogP contribution < -0.4 is 5.32 Å². The molecule has 1 atom stereocenters. The Morgan fingerprint density at radius 1 is 1.09 bits per heavy atom. The Balaban J connectivity index is 2.21. The van der Waals surface area contributed by atoms with Gasteiger partial charge in [0.05, 0.1) is 15.5 Å². The lowest BCUT2D eigenvalue weighted by Crippen LogP contribution is -2.33. The number of fused-ring (bicyclic) bond motifs is 1. The van der Waals surface area contributed by atoms with E-state index in [0.29, 0.717) is 5.56 Å². The van der Waals surface area contributed by atoms with E-state index in [1.807, 2.05) is 0 Å². The SMILES string of the molecule is O=C1Nc2ccc([N+](=O)[O-])cc2S(=O)(=O)C1c1ccccc1. The van der Waals surface area contributed by atoms with E-state index in [0.717, 1.165) is 12.1 Å². The molecule has 8 heteroatoms. The molecule has 1 unspecified atom stereocenters. The molecule has 22 heavy (non-hydrogen) atoms. The molecule has 0 saturated heterocycles. The molecule has 1 aliphatic rings. The Kier molecular flexibility index (Phi) is 3.18. The Bertz CT molecular complexity index is 877. The summed E-state index contributed by atoms with van der Waals surface area (Å²) in [6.07, 6.45) is 0. The zero-order chi connectivity index (χ0) is 15.9. The van der Waals surface area contributed by atoms with Crippen molar-refractivity contribution < 1.29 is 18.1 Å². The molecule has 2 aromatic rings. The number of non-ortho nitro benzene ring substituents is 1. The molecule has 0 aliphatic carbocycles. The quantitative estimate of drug-likeness (QED) is 0.674. The van der Waals surface area contributed by atoms with Crippen molar-refractivity contribution in [3.8, 4) is 0 Å². The summed E-state index contributed by atoms with van der Waals surface area (Å²) >= 11 is 0. The summed E-state index contributed by atoms with van der Waals surface area (Å²) in [4.78, 5) is 22.1. The number of hydrogen-bond donors (Lipinski definition) is 1. The van der Waals surface area contributed by atoms with Gasteiger partial charge in [-0.05, 0) is 11.6 Å². The van der Waals surface area contributed by atoms with Crippen molar-refractivity contribution in [2.75, 3.05) is 5.32 Å². The molecule has 2 aromatic carbocycles. The summed E-state index contributed by atoms with van der Waals surface area (Å²) < 4.78 is 25.4. The number of benzene rings is 2. The lowest BCUT2D eigenvalue weighted by atomic mass is 10.1. The van der Waals surface area contributed by atoms with Gasteiger partial charge in [0.15, 0.2) is 15.1 Å². The fraction of sp³-hybridized carbons (Fsp3) is 0.0714. The van der Waals surface area contributed by atoms with Gasteiger partial charge in [-0.3, -0.25) is 14.9 Å². The molecule has 1 aliphatic heterocycles. The van der Waals surface area contributed by atoms with Crippen molar-refractivity contribution in [2.45, 2.75) is 10.1 Å². The first-order valence-electron chi connectivity index (χ1n) is 6.29. The Morgan fingerprint density at radius 2 is 1.77 bits per heavy atom. The third kappa shape index (κ3) is 2.13. The smallest absolute Gasteiger partial charge is 0.270 e. The number of nitro benzene ring substituents is 1. The number of sulfone groups is 1.